The lowest BCUT2D eigenvalue weighted by molar-refractivity contribution is 0.881. The van der Waals surface area contributed by atoms with Gasteiger partial charge in [0.05, 0.1) is 18.2 Å². The Labute approximate surface area is 118 Å². The molecule has 2 nitrogen and oxygen atoms in total. The Kier molecular flexibility index (Phi) is 4.70. The highest BCUT2D eigenvalue weighted by Gasteiger charge is 2.11. The molecule has 1 aromatic heterocycles. The predicted octanol–water partition coefficient (Wildman–Crippen LogP) is 4.39. The Morgan fingerprint density at radius 2 is 1.95 bits per heavy atom. The number of aryl methyl sites for hydroxylation is 2. The third-order valence-electron chi connectivity index (χ3n) is 3.11. The molecule has 0 radical (unpaired) electrons. The van der Waals surface area contributed by atoms with Crippen molar-refractivity contribution in [1.29, 1.82) is 5.26 Å². The zero-order valence-electron chi connectivity index (χ0n) is 11.4. The summed E-state index contributed by atoms with van der Waals surface area (Å²) in [7, 11) is 0. The Morgan fingerprint density at radius 1 is 1.21 bits per heavy atom. The van der Waals surface area contributed by atoms with Crippen molar-refractivity contribution >= 4 is 11.3 Å². The van der Waals surface area contributed by atoms with Gasteiger partial charge < -0.3 is 0 Å². The predicted molar refractivity (Wildman–Crippen MR) is 80.2 cm³/mol. The van der Waals surface area contributed by atoms with E-state index in [2.05, 4.69) is 44.2 Å². The van der Waals surface area contributed by atoms with Crippen LogP contribution < -0.4 is 0 Å². The normalized spacial score (nSPS) is 10.4. The molecule has 98 valence electrons. The van der Waals surface area contributed by atoms with Crippen molar-refractivity contribution in [3.63, 3.8) is 0 Å². The van der Waals surface area contributed by atoms with Gasteiger partial charge >= 0.3 is 0 Å². The van der Waals surface area contributed by atoms with Crippen LogP contribution in [0.3, 0.4) is 0 Å². The van der Waals surface area contributed by atoms with E-state index in [0.717, 1.165) is 40.4 Å². The molecule has 0 aliphatic rings. The molecule has 0 amide bonds. The Hall–Kier alpha value is -1.66. The summed E-state index contributed by atoms with van der Waals surface area (Å²) in [5, 5.41) is 9.93. The van der Waals surface area contributed by atoms with Crippen LogP contribution in [0.5, 0.6) is 0 Å². The topological polar surface area (TPSA) is 36.7 Å². The van der Waals surface area contributed by atoms with Gasteiger partial charge in [-0.1, -0.05) is 44.5 Å². The fourth-order valence-corrected chi connectivity index (χ4v) is 3.08. The number of nitrogens with zero attached hydrogens (tertiary/aromatic N) is 2. The fourth-order valence-electron chi connectivity index (χ4n) is 2.03. The molecule has 0 aliphatic carbocycles. The number of benzene rings is 1. The smallest absolute Gasteiger partial charge is 0.123 e. The molecule has 19 heavy (non-hydrogen) atoms. The summed E-state index contributed by atoms with van der Waals surface area (Å²) in [5.74, 6) is 0. The maximum Gasteiger partial charge on any atom is 0.123 e. The van der Waals surface area contributed by atoms with Gasteiger partial charge in [0.15, 0.2) is 0 Å². The zero-order valence-corrected chi connectivity index (χ0v) is 12.3. The van der Waals surface area contributed by atoms with Gasteiger partial charge in [-0.05, 0) is 18.4 Å². The maximum absolute atomic E-state index is 8.89. The second-order valence-electron chi connectivity index (χ2n) is 4.52. The molecule has 2 aromatic rings. The van der Waals surface area contributed by atoms with Gasteiger partial charge in [0.25, 0.3) is 0 Å². The largest absolute Gasteiger partial charge is 0.241 e. The number of aromatic nitrogens is 1. The molecule has 3 heteroatoms. The minimum absolute atomic E-state index is 0.472. The second kappa shape index (κ2) is 6.49. The van der Waals surface area contributed by atoms with E-state index in [-0.39, 0.29) is 0 Å². The first kappa shape index (κ1) is 13.8. The van der Waals surface area contributed by atoms with E-state index < -0.39 is 0 Å². The molecule has 0 fully saturated rings. The lowest BCUT2D eigenvalue weighted by atomic mass is 10.1. The minimum Gasteiger partial charge on any atom is -0.241 e. The first-order chi connectivity index (χ1) is 9.28. The van der Waals surface area contributed by atoms with Crippen LogP contribution >= 0.6 is 11.3 Å². The Bertz CT molecular complexity index is 576. The van der Waals surface area contributed by atoms with E-state index >= 15 is 0 Å². The van der Waals surface area contributed by atoms with Gasteiger partial charge in [-0.25, -0.2) is 4.98 Å². The summed E-state index contributed by atoms with van der Waals surface area (Å²) in [6.45, 7) is 4.30. The van der Waals surface area contributed by atoms with Crippen LogP contribution in [0.1, 0.15) is 36.4 Å². The second-order valence-corrected chi connectivity index (χ2v) is 5.61. The molecule has 1 heterocycles. The van der Waals surface area contributed by atoms with Gasteiger partial charge in [0.2, 0.25) is 0 Å². The van der Waals surface area contributed by atoms with Gasteiger partial charge in [-0.2, -0.15) is 5.26 Å². The van der Waals surface area contributed by atoms with Crippen LogP contribution in [0.15, 0.2) is 24.3 Å². The first-order valence-electron chi connectivity index (χ1n) is 6.73. The van der Waals surface area contributed by atoms with E-state index in [1.165, 1.54) is 5.56 Å². The molecule has 0 saturated carbocycles. The molecule has 0 bridgehead atoms. The molecule has 1 aromatic carbocycles. The van der Waals surface area contributed by atoms with Crippen LogP contribution in [0.2, 0.25) is 0 Å². The van der Waals surface area contributed by atoms with Crippen molar-refractivity contribution in [2.45, 2.75) is 39.5 Å². The molecule has 0 aliphatic heterocycles. The van der Waals surface area contributed by atoms with Gasteiger partial charge in [-0.15, -0.1) is 11.3 Å². The van der Waals surface area contributed by atoms with Gasteiger partial charge in [-0.3, -0.25) is 0 Å². The summed E-state index contributed by atoms with van der Waals surface area (Å²) in [6.07, 6.45) is 3.55. The summed E-state index contributed by atoms with van der Waals surface area (Å²) in [5.41, 5.74) is 3.60. The maximum atomic E-state index is 8.89. The molecule has 2 rings (SSSR count). The van der Waals surface area contributed by atoms with E-state index in [0.29, 0.717) is 6.42 Å². The van der Waals surface area contributed by atoms with E-state index in [1.54, 1.807) is 11.3 Å². The summed E-state index contributed by atoms with van der Waals surface area (Å²) in [6, 6.07) is 10.8. The number of hydrogen-bond donors (Lipinski definition) is 0. The van der Waals surface area contributed by atoms with E-state index in [1.807, 2.05) is 0 Å². The van der Waals surface area contributed by atoms with Gasteiger partial charge in [0.1, 0.15) is 5.01 Å². The molecular weight excluding hydrogens is 252 g/mol. The summed E-state index contributed by atoms with van der Waals surface area (Å²) in [4.78, 5) is 5.84. The average molecular weight is 270 g/mol. The first-order valence-corrected chi connectivity index (χ1v) is 7.55. The van der Waals surface area contributed by atoms with Crippen molar-refractivity contribution in [2.75, 3.05) is 0 Å². The van der Waals surface area contributed by atoms with Crippen LogP contribution in [0, 0.1) is 11.3 Å². The molecular formula is C16H18N2S. The molecule has 0 saturated heterocycles. The SMILES string of the molecule is CCCc1nc(-c2ccc(CC)cc2)sc1CC#N. The number of thiazole rings is 1. The monoisotopic (exact) mass is 270 g/mol. The molecule has 0 N–H and O–H groups in total. The van der Waals surface area contributed by atoms with Crippen LogP contribution in [0.25, 0.3) is 10.6 Å². The van der Waals surface area contributed by atoms with Crippen molar-refractivity contribution in [2.24, 2.45) is 0 Å². The lowest BCUT2D eigenvalue weighted by Gasteiger charge is -1.98. The van der Waals surface area contributed by atoms with Crippen LogP contribution in [-0.2, 0) is 19.3 Å². The highest BCUT2D eigenvalue weighted by molar-refractivity contribution is 7.15. The van der Waals surface area contributed by atoms with Crippen LogP contribution in [0.4, 0.5) is 0 Å². The third-order valence-corrected chi connectivity index (χ3v) is 4.26. The number of rotatable bonds is 5. The van der Waals surface area contributed by atoms with E-state index in [4.69, 9.17) is 10.2 Å². The fraction of sp³-hybridized carbons (Fsp3) is 0.375. The molecule has 0 unspecified atom stereocenters. The highest BCUT2D eigenvalue weighted by Crippen LogP contribution is 2.29. The van der Waals surface area contributed by atoms with Crippen LogP contribution in [-0.4, -0.2) is 4.98 Å². The quantitative estimate of drug-likeness (QED) is 0.808. The van der Waals surface area contributed by atoms with E-state index in [9.17, 15) is 0 Å². The highest BCUT2D eigenvalue weighted by atomic mass is 32.1. The standard InChI is InChI=1S/C16H18N2S/c1-3-5-14-15(10-11-17)19-16(18-14)13-8-6-12(4-2)7-9-13/h6-9H,3-5,10H2,1-2H3. The third kappa shape index (κ3) is 3.21. The Morgan fingerprint density at radius 3 is 2.53 bits per heavy atom. The van der Waals surface area contributed by atoms with Crippen molar-refractivity contribution in [1.82, 2.24) is 4.98 Å². The molecule has 0 spiro atoms. The summed E-state index contributed by atoms with van der Waals surface area (Å²) < 4.78 is 0. The Balaban J connectivity index is 2.33. The summed E-state index contributed by atoms with van der Waals surface area (Å²) >= 11 is 1.66. The lowest BCUT2D eigenvalue weighted by Crippen LogP contribution is -1.89. The number of hydrogen-bond acceptors (Lipinski definition) is 3. The van der Waals surface area contributed by atoms with Crippen molar-refractivity contribution in [3.8, 4) is 16.6 Å². The molecule has 0 atom stereocenters. The van der Waals surface area contributed by atoms with Gasteiger partial charge in [0, 0.05) is 10.4 Å². The zero-order chi connectivity index (χ0) is 13.7. The van der Waals surface area contributed by atoms with Crippen molar-refractivity contribution < 1.29 is 0 Å². The van der Waals surface area contributed by atoms with Crippen molar-refractivity contribution in [3.05, 3.63) is 40.4 Å². The minimum atomic E-state index is 0.472. The average Bonchev–Trinajstić information content (AvgIpc) is 2.83. The number of nitriles is 1.